The summed E-state index contributed by atoms with van der Waals surface area (Å²) in [6.07, 6.45) is 9.29. The van der Waals surface area contributed by atoms with Crippen molar-refractivity contribution in [1.82, 2.24) is 14.9 Å². The van der Waals surface area contributed by atoms with Gasteiger partial charge in [0.2, 0.25) is 0 Å². The van der Waals surface area contributed by atoms with Crippen LogP contribution in [0.2, 0.25) is 0 Å². The van der Waals surface area contributed by atoms with Crippen molar-refractivity contribution >= 4 is 22.6 Å². The number of benzene rings is 1. The van der Waals surface area contributed by atoms with Gasteiger partial charge in [0.25, 0.3) is 11.7 Å². The van der Waals surface area contributed by atoms with Crippen LogP contribution >= 0.6 is 0 Å². The Morgan fingerprint density at radius 1 is 1.16 bits per heavy atom. The lowest BCUT2D eigenvalue weighted by Crippen LogP contribution is -2.39. The summed E-state index contributed by atoms with van der Waals surface area (Å²) < 4.78 is 5.25. The van der Waals surface area contributed by atoms with Crippen molar-refractivity contribution in [2.24, 2.45) is 5.92 Å². The number of methoxy groups -OCH3 is 1. The van der Waals surface area contributed by atoms with E-state index in [-0.39, 0.29) is 0 Å². The predicted molar refractivity (Wildman–Crippen MR) is 122 cm³/mol. The number of nitrogens with zero attached hydrogens (tertiary/aromatic N) is 2. The zero-order valence-corrected chi connectivity index (χ0v) is 18.6. The van der Waals surface area contributed by atoms with E-state index in [2.05, 4.69) is 23.8 Å². The molecule has 1 N–H and O–H groups in total. The lowest BCUT2D eigenvalue weighted by Gasteiger charge is -2.27. The number of pyridine rings is 1. The van der Waals surface area contributed by atoms with Crippen LogP contribution in [0.5, 0.6) is 5.75 Å². The zero-order chi connectivity index (χ0) is 22.2. The van der Waals surface area contributed by atoms with Crippen LogP contribution in [0.1, 0.15) is 55.5 Å². The number of rotatable bonds is 11. The minimum absolute atomic E-state index is 0.366. The summed E-state index contributed by atoms with van der Waals surface area (Å²) in [6, 6.07) is 9.20. The Balaban J connectivity index is 1.86. The van der Waals surface area contributed by atoms with Crippen molar-refractivity contribution < 1.29 is 14.3 Å². The SMILES string of the molecule is CCCCC(CC)CN(Cc1ccncc1)C(=O)C(=O)c1c[nH]c2cc(OC)ccc12. The lowest BCUT2D eigenvalue weighted by atomic mass is 9.98. The quantitative estimate of drug-likeness (QED) is 0.349. The fraction of sp³-hybridized carbons (Fsp3) is 0.400. The highest BCUT2D eigenvalue weighted by atomic mass is 16.5. The van der Waals surface area contributed by atoms with Gasteiger partial charge in [0, 0.05) is 48.6 Å². The number of unbranched alkanes of at least 4 members (excludes halogenated alkanes) is 1. The van der Waals surface area contributed by atoms with Crippen LogP contribution in [0.4, 0.5) is 0 Å². The molecule has 1 unspecified atom stereocenters. The third-order valence-corrected chi connectivity index (χ3v) is 5.76. The smallest absolute Gasteiger partial charge is 0.295 e. The number of Topliss-reactive ketones (excluding diaryl/α,β-unsaturated/α-hetero) is 1. The van der Waals surface area contributed by atoms with Gasteiger partial charge >= 0.3 is 0 Å². The summed E-state index contributed by atoms with van der Waals surface area (Å²) >= 11 is 0. The Labute approximate surface area is 183 Å². The molecule has 1 atom stereocenters. The van der Waals surface area contributed by atoms with E-state index in [1.54, 1.807) is 36.7 Å². The van der Waals surface area contributed by atoms with Gasteiger partial charge in [-0.1, -0.05) is 33.1 Å². The Morgan fingerprint density at radius 3 is 2.61 bits per heavy atom. The first-order valence-corrected chi connectivity index (χ1v) is 10.9. The molecule has 0 bridgehead atoms. The molecule has 0 aliphatic rings. The third-order valence-electron chi connectivity index (χ3n) is 5.76. The van der Waals surface area contributed by atoms with Crippen molar-refractivity contribution in [3.63, 3.8) is 0 Å². The average molecular weight is 422 g/mol. The molecule has 0 radical (unpaired) electrons. The third kappa shape index (κ3) is 5.51. The zero-order valence-electron chi connectivity index (χ0n) is 18.6. The minimum atomic E-state index is -0.490. The van der Waals surface area contributed by atoms with Crippen molar-refractivity contribution in [1.29, 1.82) is 0 Å². The Bertz CT molecular complexity index is 1010. The Hall–Kier alpha value is -3.15. The molecule has 0 aliphatic carbocycles. The number of amides is 1. The topological polar surface area (TPSA) is 75.3 Å². The summed E-state index contributed by atoms with van der Waals surface area (Å²) in [7, 11) is 1.60. The summed E-state index contributed by atoms with van der Waals surface area (Å²) in [5.74, 6) is 0.103. The van der Waals surface area contributed by atoms with Crippen molar-refractivity contribution in [3.8, 4) is 5.75 Å². The minimum Gasteiger partial charge on any atom is -0.497 e. The van der Waals surface area contributed by atoms with Crippen molar-refractivity contribution in [2.45, 2.75) is 46.1 Å². The predicted octanol–water partition coefficient (Wildman–Crippen LogP) is 5.00. The highest BCUT2D eigenvalue weighted by Crippen LogP contribution is 2.25. The second-order valence-electron chi connectivity index (χ2n) is 7.90. The molecule has 164 valence electrons. The van der Waals surface area contributed by atoms with Crippen LogP contribution in [-0.4, -0.2) is 40.2 Å². The van der Waals surface area contributed by atoms with Crippen LogP contribution in [-0.2, 0) is 11.3 Å². The second kappa shape index (κ2) is 10.8. The van der Waals surface area contributed by atoms with Gasteiger partial charge in [0.1, 0.15) is 5.75 Å². The average Bonchev–Trinajstić information content (AvgIpc) is 3.23. The molecule has 0 aliphatic heterocycles. The van der Waals surface area contributed by atoms with Gasteiger partial charge in [-0.15, -0.1) is 0 Å². The number of nitrogens with one attached hydrogen (secondary N) is 1. The number of ether oxygens (including phenoxy) is 1. The number of aromatic amines is 1. The summed E-state index contributed by atoms with van der Waals surface area (Å²) in [5, 5.41) is 0.723. The number of hydrogen-bond acceptors (Lipinski definition) is 4. The maximum Gasteiger partial charge on any atom is 0.295 e. The maximum atomic E-state index is 13.4. The van der Waals surface area contributed by atoms with E-state index >= 15 is 0 Å². The maximum absolute atomic E-state index is 13.4. The Kier molecular flexibility index (Phi) is 7.82. The molecule has 3 aromatic rings. The fourth-order valence-electron chi connectivity index (χ4n) is 3.84. The molecule has 1 aromatic carbocycles. The van der Waals surface area contributed by atoms with Gasteiger partial charge in [0.05, 0.1) is 12.7 Å². The van der Waals surface area contributed by atoms with Crippen molar-refractivity contribution in [3.05, 3.63) is 60.0 Å². The van der Waals surface area contributed by atoms with Crippen LogP contribution in [0, 0.1) is 5.92 Å². The molecular formula is C25H31N3O3. The molecule has 0 saturated carbocycles. The number of hydrogen-bond donors (Lipinski definition) is 1. The first-order valence-electron chi connectivity index (χ1n) is 10.9. The van der Waals surface area contributed by atoms with Gasteiger partial charge in [-0.25, -0.2) is 0 Å². The number of carbonyl (C=O) groups excluding carboxylic acids is 2. The van der Waals surface area contributed by atoms with E-state index < -0.39 is 11.7 Å². The molecule has 1 amide bonds. The fourth-order valence-corrected chi connectivity index (χ4v) is 3.84. The number of carbonyl (C=O) groups is 2. The van der Waals surface area contributed by atoms with Crippen LogP contribution in [0.15, 0.2) is 48.9 Å². The first-order chi connectivity index (χ1) is 15.1. The van der Waals surface area contributed by atoms with Gasteiger partial charge in [-0.2, -0.15) is 0 Å². The molecule has 6 heteroatoms. The normalized spacial score (nSPS) is 12.0. The highest BCUT2D eigenvalue weighted by molar-refractivity contribution is 6.44. The van der Waals surface area contributed by atoms with E-state index in [0.29, 0.717) is 30.3 Å². The first kappa shape index (κ1) is 22.5. The summed E-state index contributed by atoms with van der Waals surface area (Å²) in [5.41, 5.74) is 2.12. The van der Waals surface area contributed by atoms with Gasteiger partial charge in [-0.05, 0) is 42.2 Å². The molecule has 0 saturated heterocycles. The second-order valence-corrected chi connectivity index (χ2v) is 7.90. The molecular weight excluding hydrogens is 390 g/mol. The number of aromatic nitrogens is 2. The van der Waals surface area contributed by atoms with Gasteiger partial charge in [0.15, 0.2) is 0 Å². The summed E-state index contributed by atoms with van der Waals surface area (Å²) in [4.78, 5) is 35.4. The van der Waals surface area contributed by atoms with Gasteiger partial charge in [-0.3, -0.25) is 14.6 Å². The van der Waals surface area contributed by atoms with Crippen LogP contribution < -0.4 is 4.74 Å². The largest absolute Gasteiger partial charge is 0.497 e. The van der Waals surface area contributed by atoms with Gasteiger partial charge < -0.3 is 14.6 Å². The molecule has 2 heterocycles. The van der Waals surface area contributed by atoms with E-state index in [4.69, 9.17) is 4.74 Å². The lowest BCUT2D eigenvalue weighted by molar-refractivity contribution is -0.127. The van der Waals surface area contributed by atoms with Crippen LogP contribution in [0.25, 0.3) is 10.9 Å². The van der Waals surface area contributed by atoms with E-state index in [1.807, 2.05) is 24.3 Å². The molecule has 3 rings (SSSR count). The monoisotopic (exact) mass is 421 g/mol. The molecule has 6 nitrogen and oxygen atoms in total. The van der Waals surface area contributed by atoms with Crippen molar-refractivity contribution in [2.75, 3.05) is 13.7 Å². The molecule has 2 aromatic heterocycles. The number of fused-ring (bicyclic) bond motifs is 1. The van der Waals surface area contributed by atoms with Crippen LogP contribution in [0.3, 0.4) is 0 Å². The highest BCUT2D eigenvalue weighted by Gasteiger charge is 2.27. The van der Waals surface area contributed by atoms with E-state index in [0.717, 1.165) is 42.1 Å². The van der Waals surface area contributed by atoms with E-state index in [1.165, 1.54) is 0 Å². The molecule has 0 fully saturated rings. The number of ketones is 1. The number of H-pyrrole nitrogens is 1. The Morgan fingerprint density at radius 2 is 1.94 bits per heavy atom. The molecule has 31 heavy (non-hydrogen) atoms. The standard InChI is InChI=1S/C25H31N3O3/c1-4-6-7-18(5-2)16-28(17-19-10-12-26-13-11-19)25(30)24(29)22-15-27-23-14-20(31-3)8-9-21(22)23/h8-15,18,27H,4-7,16-17H2,1-3H3. The van der Waals surface area contributed by atoms with E-state index in [9.17, 15) is 9.59 Å². The molecule has 0 spiro atoms. The summed E-state index contributed by atoms with van der Waals surface area (Å²) in [6.45, 7) is 5.28.